The highest BCUT2D eigenvalue weighted by molar-refractivity contribution is 6.63. The number of rotatable bonds is 4. The van der Waals surface area contributed by atoms with Gasteiger partial charge < -0.3 is 9.94 Å². The van der Waals surface area contributed by atoms with Crippen molar-refractivity contribution in [3.63, 3.8) is 0 Å². The van der Waals surface area contributed by atoms with E-state index in [1.165, 1.54) is 13.3 Å². The van der Waals surface area contributed by atoms with Gasteiger partial charge in [0.25, 0.3) is 0 Å². The first-order chi connectivity index (χ1) is 7.50. The van der Waals surface area contributed by atoms with Crippen molar-refractivity contribution in [3.05, 3.63) is 0 Å². The molecule has 0 aromatic carbocycles. The fourth-order valence-corrected chi connectivity index (χ4v) is 1.86. The molecule has 16 heavy (non-hydrogen) atoms. The first-order valence-electron chi connectivity index (χ1n) is 5.48. The molecule has 0 spiro atoms. The lowest BCUT2D eigenvalue weighted by atomic mass is 9.89. The van der Waals surface area contributed by atoms with Crippen LogP contribution in [-0.2, 0) is 14.4 Å². The van der Waals surface area contributed by atoms with Crippen molar-refractivity contribution in [2.45, 2.75) is 45.6 Å². The normalized spacial score (nSPS) is 26.2. The maximum atomic E-state index is 10.9. The predicted molar refractivity (Wildman–Crippen MR) is 58.3 cm³/mol. The molecule has 0 bridgehead atoms. The van der Waals surface area contributed by atoms with Crippen LogP contribution in [0.1, 0.15) is 39.5 Å². The molecule has 1 rings (SSSR count). The Morgan fingerprint density at radius 1 is 1.38 bits per heavy atom. The van der Waals surface area contributed by atoms with E-state index in [2.05, 4.69) is 12.1 Å². The van der Waals surface area contributed by atoms with Crippen molar-refractivity contribution in [2.75, 3.05) is 0 Å². The Balaban J connectivity index is 2.55. The third-order valence-corrected chi connectivity index (χ3v) is 2.72. The highest BCUT2D eigenvalue weighted by Gasteiger charge is 2.22. The topological polar surface area (TPSA) is 76.0 Å². The van der Waals surface area contributed by atoms with E-state index in [9.17, 15) is 9.59 Å². The molecule has 0 aliphatic heterocycles. The molecule has 1 aliphatic carbocycles. The largest absolute Gasteiger partial charge is 0.476 e. The Bertz CT molecular complexity index is 295. The molecule has 1 N–H and O–H groups in total. The van der Waals surface area contributed by atoms with Crippen molar-refractivity contribution < 1.29 is 19.5 Å². The van der Waals surface area contributed by atoms with E-state index in [-0.39, 0.29) is 6.10 Å². The summed E-state index contributed by atoms with van der Waals surface area (Å²) in [7, 11) is 0. The SMILES string of the molecule is CC(=O)/C(=N/O[C@H]1CCC[C@H](C)C1)C(=O)O. The highest BCUT2D eigenvalue weighted by atomic mass is 16.6. The van der Waals surface area contributed by atoms with E-state index < -0.39 is 17.5 Å². The number of Topliss-reactive ketones (excluding diaryl/α,β-unsaturated/α-hetero) is 1. The van der Waals surface area contributed by atoms with Gasteiger partial charge in [0.15, 0.2) is 5.78 Å². The Kier molecular flexibility index (Phi) is 4.46. The summed E-state index contributed by atoms with van der Waals surface area (Å²) in [4.78, 5) is 26.7. The second kappa shape index (κ2) is 5.63. The molecule has 0 heterocycles. The Labute approximate surface area is 94.5 Å². The maximum absolute atomic E-state index is 10.9. The summed E-state index contributed by atoms with van der Waals surface area (Å²) in [6.45, 7) is 3.29. The second-order valence-electron chi connectivity index (χ2n) is 4.30. The van der Waals surface area contributed by atoms with Crippen LogP contribution in [0.15, 0.2) is 5.16 Å². The number of oxime groups is 1. The van der Waals surface area contributed by atoms with Crippen molar-refractivity contribution in [3.8, 4) is 0 Å². The number of carboxylic acid groups (broad SMARTS) is 1. The fraction of sp³-hybridized carbons (Fsp3) is 0.727. The van der Waals surface area contributed by atoms with Gasteiger partial charge in [-0.1, -0.05) is 18.5 Å². The number of carboxylic acids is 1. The van der Waals surface area contributed by atoms with Gasteiger partial charge in [0, 0.05) is 6.92 Å². The van der Waals surface area contributed by atoms with Crippen LogP contribution in [-0.4, -0.2) is 28.7 Å². The minimum Gasteiger partial charge on any atom is -0.476 e. The number of hydrogen-bond donors (Lipinski definition) is 1. The van der Waals surface area contributed by atoms with E-state index in [1.807, 2.05) is 0 Å². The van der Waals surface area contributed by atoms with Gasteiger partial charge in [-0.25, -0.2) is 4.79 Å². The van der Waals surface area contributed by atoms with Crippen LogP contribution >= 0.6 is 0 Å². The van der Waals surface area contributed by atoms with Crippen LogP contribution < -0.4 is 0 Å². The zero-order valence-electron chi connectivity index (χ0n) is 9.60. The monoisotopic (exact) mass is 227 g/mol. The average molecular weight is 227 g/mol. The number of carbonyl (C=O) groups is 2. The minimum atomic E-state index is -1.34. The van der Waals surface area contributed by atoms with E-state index >= 15 is 0 Å². The summed E-state index contributed by atoms with van der Waals surface area (Å²) in [5.41, 5.74) is -0.529. The number of hydrogen-bond acceptors (Lipinski definition) is 4. The molecule has 90 valence electrons. The standard InChI is InChI=1S/C11H17NO4/c1-7-4-3-5-9(6-7)16-12-10(8(2)13)11(14)15/h7,9H,3-6H2,1-2H3,(H,14,15)/b12-10-/t7-,9-/m0/s1. The maximum Gasteiger partial charge on any atom is 0.361 e. The van der Waals surface area contributed by atoms with Crippen LogP contribution in [0, 0.1) is 5.92 Å². The lowest BCUT2D eigenvalue weighted by Crippen LogP contribution is -2.25. The summed E-state index contributed by atoms with van der Waals surface area (Å²) >= 11 is 0. The number of ketones is 1. The quantitative estimate of drug-likeness (QED) is 0.449. The van der Waals surface area contributed by atoms with Crippen molar-refractivity contribution in [1.29, 1.82) is 0 Å². The average Bonchev–Trinajstić information content (AvgIpc) is 2.16. The zero-order chi connectivity index (χ0) is 12.1. The van der Waals surface area contributed by atoms with Crippen molar-refractivity contribution in [2.24, 2.45) is 11.1 Å². The van der Waals surface area contributed by atoms with Gasteiger partial charge in [-0.05, 0) is 25.2 Å². The molecule has 0 unspecified atom stereocenters. The van der Waals surface area contributed by atoms with Crippen molar-refractivity contribution >= 4 is 17.5 Å². The second-order valence-corrected chi connectivity index (χ2v) is 4.30. The molecule has 0 aromatic rings. The summed E-state index contributed by atoms with van der Waals surface area (Å²) < 4.78 is 0. The molecular weight excluding hydrogens is 210 g/mol. The molecule has 0 amide bonds. The Morgan fingerprint density at radius 3 is 2.56 bits per heavy atom. The molecule has 5 nitrogen and oxygen atoms in total. The number of aliphatic carboxylic acids is 1. The van der Waals surface area contributed by atoms with Gasteiger partial charge in [0.05, 0.1) is 0 Å². The molecule has 1 saturated carbocycles. The molecule has 0 radical (unpaired) electrons. The third-order valence-electron chi connectivity index (χ3n) is 2.72. The van der Waals surface area contributed by atoms with Gasteiger partial charge >= 0.3 is 5.97 Å². The third kappa shape index (κ3) is 3.64. The molecular formula is C11H17NO4. The number of nitrogens with zero attached hydrogens (tertiary/aromatic N) is 1. The van der Waals surface area contributed by atoms with E-state index in [1.54, 1.807) is 0 Å². The summed E-state index contributed by atoms with van der Waals surface area (Å²) in [5, 5.41) is 12.1. The van der Waals surface area contributed by atoms with Crippen molar-refractivity contribution in [1.82, 2.24) is 0 Å². The fourth-order valence-electron chi connectivity index (χ4n) is 1.86. The molecule has 1 aliphatic rings. The van der Waals surface area contributed by atoms with Crippen LogP contribution in [0.5, 0.6) is 0 Å². The molecule has 0 aromatic heterocycles. The molecule has 2 atom stereocenters. The summed E-state index contributed by atoms with van der Waals surface area (Å²) in [6.07, 6.45) is 3.91. The van der Waals surface area contributed by atoms with Crippen LogP contribution in [0.25, 0.3) is 0 Å². The first-order valence-corrected chi connectivity index (χ1v) is 5.48. The molecule has 5 heteroatoms. The summed E-state index contributed by atoms with van der Waals surface area (Å²) in [5.74, 6) is -1.35. The van der Waals surface area contributed by atoms with Gasteiger partial charge in [0.2, 0.25) is 5.71 Å². The van der Waals surface area contributed by atoms with Gasteiger partial charge in [-0.15, -0.1) is 0 Å². The minimum absolute atomic E-state index is 0.0579. The Hall–Kier alpha value is -1.39. The highest BCUT2D eigenvalue weighted by Crippen LogP contribution is 2.25. The van der Waals surface area contributed by atoms with E-state index in [0.717, 1.165) is 19.3 Å². The van der Waals surface area contributed by atoms with Gasteiger partial charge in [0.1, 0.15) is 6.10 Å². The van der Waals surface area contributed by atoms with Gasteiger partial charge in [-0.2, -0.15) is 0 Å². The lowest BCUT2D eigenvalue weighted by Gasteiger charge is -2.24. The van der Waals surface area contributed by atoms with Crippen LogP contribution in [0.3, 0.4) is 0 Å². The van der Waals surface area contributed by atoms with Crippen LogP contribution in [0.2, 0.25) is 0 Å². The molecule has 0 saturated heterocycles. The first kappa shape index (κ1) is 12.7. The Morgan fingerprint density at radius 2 is 2.06 bits per heavy atom. The van der Waals surface area contributed by atoms with Crippen LogP contribution in [0.4, 0.5) is 0 Å². The van der Waals surface area contributed by atoms with Gasteiger partial charge in [-0.3, -0.25) is 4.79 Å². The smallest absolute Gasteiger partial charge is 0.361 e. The number of carbonyl (C=O) groups excluding carboxylic acids is 1. The summed E-state index contributed by atoms with van der Waals surface area (Å²) in [6, 6.07) is 0. The predicted octanol–water partition coefficient (Wildman–Crippen LogP) is 1.61. The molecule has 1 fully saturated rings. The zero-order valence-corrected chi connectivity index (χ0v) is 9.60. The van der Waals surface area contributed by atoms with E-state index in [4.69, 9.17) is 9.94 Å². The van der Waals surface area contributed by atoms with E-state index in [0.29, 0.717) is 5.92 Å². The lowest BCUT2D eigenvalue weighted by molar-refractivity contribution is -0.130.